The third kappa shape index (κ3) is 6.67. The van der Waals surface area contributed by atoms with Gasteiger partial charge in [0.2, 0.25) is 0 Å². The third-order valence-electron chi connectivity index (χ3n) is 4.35. The lowest BCUT2D eigenvalue weighted by molar-refractivity contribution is -0.704. The van der Waals surface area contributed by atoms with Crippen LogP contribution in [0.25, 0.3) is 0 Å². The highest BCUT2D eigenvalue weighted by atomic mass is 15.2. The summed E-state index contributed by atoms with van der Waals surface area (Å²) >= 11 is 0. The van der Waals surface area contributed by atoms with Crippen LogP contribution in [-0.4, -0.2) is 4.57 Å². The largest absolute Gasteiger partial charge is 0.256 e. The van der Waals surface area contributed by atoms with E-state index in [-0.39, 0.29) is 0 Å². The van der Waals surface area contributed by atoms with Crippen molar-refractivity contribution in [1.29, 1.82) is 0 Å². The Labute approximate surface area is 132 Å². The zero-order chi connectivity index (χ0) is 15.5. The molecular formula is C19H37N2+. The Bertz CT molecular complexity index is 366. The molecule has 0 aliphatic carbocycles. The van der Waals surface area contributed by atoms with Crippen molar-refractivity contribution in [3.05, 3.63) is 18.2 Å². The Hall–Kier alpha value is -0.790. The van der Waals surface area contributed by atoms with E-state index >= 15 is 0 Å². The summed E-state index contributed by atoms with van der Waals surface area (Å²) in [6.07, 6.45) is 18.1. The molecule has 1 rings (SSSR count). The van der Waals surface area contributed by atoms with Crippen LogP contribution >= 0.6 is 0 Å². The second-order valence-electron chi connectivity index (χ2n) is 6.63. The summed E-state index contributed by atoms with van der Waals surface area (Å²) in [7, 11) is 0. The summed E-state index contributed by atoms with van der Waals surface area (Å²) in [5.74, 6) is 1.54. The maximum Gasteiger partial charge on any atom is 0.256 e. The van der Waals surface area contributed by atoms with E-state index in [1.807, 2.05) is 0 Å². The van der Waals surface area contributed by atoms with E-state index in [4.69, 9.17) is 0 Å². The molecule has 0 fully saturated rings. The van der Waals surface area contributed by atoms with Crippen LogP contribution in [-0.2, 0) is 13.0 Å². The van der Waals surface area contributed by atoms with E-state index in [2.05, 4.69) is 49.2 Å². The van der Waals surface area contributed by atoms with E-state index < -0.39 is 0 Å². The monoisotopic (exact) mass is 293 g/mol. The number of aryl methyl sites for hydroxylation is 1. The molecule has 0 aromatic carbocycles. The standard InChI is InChI=1S/C19H37N2/c1-5-7-9-10-11-12-14-19-20(15-13-8-6-2)16-17-21(19)18(3)4/h16-18H,5-15H2,1-4H3/q+1. The topological polar surface area (TPSA) is 8.81 Å². The molecule has 1 aromatic rings. The Balaban J connectivity index is 2.49. The van der Waals surface area contributed by atoms with Gasteiger partial charge in [0, 0.05) is 6.42 Å². The zero-order valence-electron chi connectivity index (χ0n) is 14.9. The average molecular weight is 294 g/mol. The van der Waals surface area contributed by atoms with Crippen LogP contribution in [0.15, 0.2) is 12.4 Å². The lowest BCUT2D eigenvalue weighted by atomic mass is 10.1. The molecule has 21 heavy (non-hydrogen) atoms. The third-order valence-corrected chi connectivity index (χ3v) is 4.35. The first-order chi connectivity index (χ1) is 10.2. The molecule has 0 N–H and O–H groups in total. The maximum atomic E-state index is 2.50. The van der Waals surface area contributed by atoms with Crippen molar-refractivity contribution in [2.24, 2.45) is 0 Å². The second kappa shape index (κ2) is 10.9. The molecule has 0 radical (unpaired) electrons. The Morgan fingerprint density at radius 1 is 0.905 bits per heavy atom. The Morgan fingerprint density at radius 3 is 2.19 bits per heavy atom. The molecule has 1 heterocycles. The van der Waals surface area contributed by atoms with Crippen LogP contribution in [0.3, 0.4) is 0 Å². The van der Waals surface area contributed by atoms with Gasteiger partial charge in [-0.15, -0.1) is 0 Å². The first-order valence-electron chi connectivity index (χ1n) is 9.29. The van der Waals surface area contributed by atoms with E-state index in [1.54, 1.807) is 0 Å². The van der Waals surface area contributed by atoms with Crippen molar-refractivity contribution in [2.75, 3.05) is 0 Å². The fourth-order valence-corrected chi connectivity index (χ4v) is 3.01. The van der Waals surface area contributed by atoms with Crippen molar-refractivity contribution in [2.45, 2.75) is 104 Å². The average Bonchev–Trinajstić information content (AvgIpc) is 2.86. The molecule has 122 valence electrons. The van der Waals surface area contributed by atoms with Gasteiger partial charge >= 0.3 is 0 Å². The molecule has 0 amide bonds. The van der Waals surface area contributed by atoms with Crippen molar-refractivity contribution in [3.63, 3.8) is 0 Å². The Kier molecular flexibility index (Phi) is 9.45. The van der Waals surface area contributed by atoms with Crippen LogP contribution in [0, 0.1) is 0 Å². The molecule has 0 unspecified atom stereocenters. The number of hydrogen-bond donors (Lipinski definition) is 0. The van der Waals surface area contributed by atoms with E-state index in [1.165, 1.54) is 76.6 Å². The van der Waals surface area contributed by atoms with Crippen LogP contribution in [0.4, 0.5) is 0 Å². The van der Waals surface area contributed by atoms with Gasteiger partial charge in [0.1, 0.15) is 12.4 Å². The van der Waals surface area contributed by atoms with Gasteiger partial charge in [-0.1, -0.05) is 52.4 Å². The molecule has 1 aromatic heterocycles. The predicted molar refractivity (Wildman–Crippen MR) is 91.6 cm³/mol. The number of imidazole rings is 1. The van der Waals surface area contributed by atoms with Crippen molar-refractivity contribution >= 4 is 0 Å². The lowest BCUT2D eigenvalue weighted by Gasteiger charge is -2.08. The van der Waals surface area contributed by atoms with Gasteiger partial charge in [0.25, 0.3) is 5.82 Å². The summed E-state index contributed by atoms with van der Waals surface area (Å²) in [6.45, 7) is 10.3. The van der Waals surface area contributed by atoms with Crippen LogP contribution in [0.1, 0.15) is 97.3 Å². The maximum absolute atomic E-state index is 2.50. The minimum Gasteiger partial charge on any atom is -0.234 e. The van der Waals surface area contributed by atoms with Gasteiger partial charge in [-0.2, -0.15) is 0 Å². The molecule has 0 bridgehead atoms. The molecule has 0 aliphatic rings. The highest BCUT2D eigenvalue weighted by Gasteiger charge is 2.18. The molecule has 0 saturated carbocycles. The van der Waals surface area contributed by atoms with Crippen molar-refractivity contribution < 1.29 is 4.57 Å². The SMILES string of the molecule is CCCCCCCCc1n(C(C)C)cc[n+]1CCCCC. The summed E-state index contributed by atoms with van der Waals surface area (Å²) < 4.78 is 4.97. The molecule has 2 nitrogen and oxygen atoms in total. The number of aromatic nitrogens is 2. The van der Waals surface area contributed by atoms with Crippen molar-refractivity contribution in [1.82, 2.24) is 4.57 Å². The second-order valence-corrected chi connectivity index (χ2v) is 6.63. The Morgan fingerprint density at radius 2 is 1.52 bits per heavy atom. The van der Waals surface area contributed by atoms with Gasteiger partial charge in [0.15, 0.2) is 0 Å². The minimum atomic E-state index is 0.576. The predicted octanol–water partition coefficient (Wildman–Crippen LogP) is 5.45. The fourth-order valence-electron chi connectivity index (χ4n) is 3.01. The number of hydrogen-bond acceptors (Lipinski definition) is 0. The van der Waals surface area contributed by atoms with Gasteiger partial charge in [0.05, 0.1) is 12.6 Å². The van der Waals surface area contributed by atoms with Crippen molar-refractivity contribution in [3.8, 4) is 0 Å². The first-order valence-corrected chi connectivity index (χ1v) is 9.29. The van der Waals surface area contributed by atoms with Crippen LogP contribution in [0.5, 0.6) is 0 Å². The first kappa shape index (κ1) is 18.3. The fraction of sp³-hybridized carbons (Fsp3) is 0.842. The molecule has 0 aliphatic heterocycles. The highest BCUT2D eigenvalue weighted by Crippen LogP contribution is 2.12. The lowest BCUT2D eigenvalue weighted by Crippen LogP contribution is -2.37. The zero-order valence-corrected chi connectivity index (χ0v) is 14.9. The molecular weight excluding hydrogens is 256 g/mol. The van der Waals surface area contributed by atoms with Crippen LogP contribution < -0.4 is 4.57 Å². The van der Waals surface area contributed by atoms with E-state index in [0.717, 1.165) is 0 Å². The number of nitrogens with zero attached hydrogens (tertiary/aromatic N) is 2. The normalized spacial score (nSPS) is 11.5. The number of unbranched alkanes of at least 4 members (excludes halogenated alkanes) is 7. The van der Waals surface area contributed by atoms with Crippen LogP contribution in [0.2, 0.25) is 0 Å². The minimum absolute atomic E-state index is 0.576. The smallest absolute Gasteiger partial charge is 0.234 e. The molecule has 0 spiro atoms. The van der Waals surface area contributed by atoms with Gasteiger partial charge < -0.3 is 0 Å². The summed E-state index contributed by atoms with van der Waals surface area (Å²) in [4.78, 5) is 0. The summed E-state index contributed by atoms with van der Waals surface area (Å²) in [5, 5.41) is 0. The van der Waals surface area contributed by atoms with Gasteiger partial charge in [-0.3, -0.25) is 0 Å². The molecule has 2 heteroatoms. The number of rotatable bonds is 12. The summed E-state index contributed by atoms with van der Waals surface area (Å²) in [5.41, 5.74) is 0. The molecule has 0 saturated heterocycles. The quantitative estimate of drug-likeness (QED) is 0.358. The summed E-state index contributed by atoms with van der Waals surface area (Å²) in [6, 6.07) is 0.576. The highest BCUT2D eigenvalue weighted by molar-refractivity contribution is 4.86. The van der Waals surface area contributed by atoms with E-state index in [9.17, 15) is 0 Å². The van der Waals surface area contributed by atoms with Gasteiger partial charge in [-0.05, 0) is 33.1 Å². The van der Waals surface area contributed by atoms with Gasteiger partial charge in [-0.25, -0.2) is 9.13 Å². The van der Waals surface area contributed by atoms with E-state index in [0.29, 0.717) is 6.04 Å². The molecule has 0 atom stereocenters.